The molecule has 0 amide bonds. The molecule has 1 rings (SSSR count). The molecule has 0 aromatic heterocycles. The maximum absolute atomic E-state index is 10.6. The van der Waals surface area contributed by atoms with Crippen molar-refractivity contribution in [2.24, 2.45) is 0 Å². The number of ether oxygens (including phenoxy) is 2. The van der Waals surface area contributed by atoms with Crippen molar-refractivity contribution in [3.63, 3.8) is 0 Å². The first-order valence-electron chi connectivity index (χ1n) is 10.2. The summed E-state index contributed by atoms with van der Waals surface area (Å²) in [6.07, 6.45) is 2.12. The van der Waals surface area contributed by atoms with Gasteiger partial charge in [0, 0.05) is 0 Å². The molecule has 0 aliphatic rings. The summed E-state index contributed by atoms with van der Waals surface area (Å²) < 4.78 is 18.1. The highest BCUT2D eigenvalue weighted by Crippen LogP contribution is 2.28. The van der Waals surface area contributed by atoms with Gasteiger partial charge in [-0.1, -0.05) is 52.3 Å². The normalized spacial score (nSPS) is 15.2. The summed E-state index contributed by atoms with van der Waals surface area (Å²) in [5.41, 5.74) is 1.08. The van der Waals surface area contributed by atoms with Crippen LogP contribution in [0.2, 0.25) is 18.1 Å². The van der Waals surface area contributed by atoms with Gasteiger partial charge in [0.1, 0.15) is 11.9 Å². The van der Waals surface area contributed by atoms with Crippen LogP contribution in [0.1, 0.15) is 46.1 Å². The molecular formula is C22H38O4Si. The third-order valence-electron chi connectivity index (χ3n) is 5.46. The molecule has 0 fully saturated rings. The minimum atomic E-state index is -1.88. The Morgan fingerprint density at radius 3 is 2.11 bits per heavy atom. The van der Waals surface area contributed by atoms with E-state index in [0.29, 0.717) is 6.61 Å². The van der Waals surface area contributed by atoms with Crippen molar-refractivity contribution < 1.29 is 19.0 Å². The molecule has 0 spiro atoms. The fourth-order valence-electron chi connectivity index (χ4n) is 3.34. The highest BCUT2D eigenvalue weighted by molar-refractivity contribution is 6.73. The molecule has 5 heteroatoms. The van der Waals surface area contributed by atoms with E-state index >= 15 is 0 Å². The van der Waals surface area contributed by atoms with Crippen molar-refractivity contribution in [1.82, 2.24) is 0 Å². The summed E-state index contributed by atoms with van der Waals surface area (Å²) in [7, 11) is -0.217. The zero-order chi connectivity index (χ0) is 20.3. The van der Waals surface area contributed by atoms with Gasteiger partial charge in [0.25, 0.3) is 0 Å². The van der Waals surface area contributed by atoms with Crippen LogP contribution in [-0.2, 0) is 15.8 Å². The third-order valence-corrected chi connectivity index (χ3v) is 10.1. The molecule has 1 aromatic carbocycles. The maximum Gasteiger partial charge on any atom is 0.192 e. The van der Waals surface area contributed by atoms with Gasteiger partial charge >= 0.3 is 0 Å². The molecule has 0 aliphatic heterocycles. The minimum Gasteiger partial charge on any atom is -0.497 e. The van der Waals surface area contributed by atoms with Gasteiger partial charge in [0.15, 0.2) is 8.32 Å². The van der Waals surface area contributed by atoms with Gasteiger partial charge in [-0.3, -0.25) is 0 Å². The fraction of sp³-hybridized carbons (Fsp3) is 0.636. The Bertz CT molecular complexity index is 519. The van der Waals surface area contributed by atoms with Crippen LogP contribution in [-0.4, -0.2) is 38.8 Å². The van der Waals surface area contributed by atoms with E-state index in [-0.39, 0.29) is 12.2 Å². The smallest absolute Gasteiger partial charge is 0.192 e. The van der Waals surface area contributed by atoms with Crippen LogP contribution in [0.5, 0.6) is 5.75 Å². The average Bonchev–Trinajstić information content (AvgIpc) is 2.72. The first-order chi connectivity index (χ1) is 13.0. The van der Waals surface area contributed by atoms with E-state index in [9.17, 15) is 5.11 Å². The average molecular weight is 395 g/mol. The van der Waals surface area contributed by atoms with Gasteiger partial charge in [-0.05, 0) is 42.2 Å². The maximum atomic E-state index is 10.6. The predicted molar refractivity (Wildman–Crippen MR) is 115 cm³/mol. The number of aliphatic hydroxyl groups is 1. The van der Waals surface area contributed by atoms with Crippen molar-refractivity contribution in [1.29, 1.82) is 0 Å². The molecule has 0 saturated heterocycles. The monoisotopic (exact) mass is 394 g/mol. The Morgan fingerprint density at radius 2 is 1.67 bits per heavy atom. The molecular weight excluding hydrogens is 356 g/mol. The second-order valence-electron chi connectivity index (χ2n) is 7.04. The minimum absolute atomic E-state index is 0.165. The summed E-state index contributed by atoms with van der Waals surface area (Å²) in [5.74, 6) is 0.830. The largest absolute Gasteiger partial charge is 0.497 e. The van der Waals surface area contributed by atoms with Gasteiger partial charge < -0.3 is 19.0 Å². The van der Waals surface area contributed by atoms with Crippen molar-refractivity contribution in [2.75, 3.05) is 7.11 Å². The fourth-order valence-corrected chi connectivity index (χ4v) is 6.21. The van der Waals surface area contributed by atoms with E-state index < -0.39 is 14.4 Å². The lowest BCUT2D eigenvalue weighted by Crippen LogP contribution is -2.49. The summed E-state index contributed by atoms with van der Waals surface area (Å²) in [4.78, 5) is 0. The summed E-state index contributed by atoms with van der Waals surface area (Å²) in [6.45, 7) is 13.0. The molecule has 1 N–H and O–H groups in total. The number of aliphatic hydroxyl groups excluding tert-OH is 1. The third kappa shape index (κ3) is 7.07. The van der Waals surface area contributed by atoms with Crippen molar-refractivity contribution in [2.45, 2.75) is 83.6 Å². The van der Waals surface area contributed by atoms with Gasteiger partial charge in [-0.15, -0.1) is 6.58 Å². The number of hydrogen-bond donors (Lipinski definition) is 1. The molecule has 4 nitrogen and oxygen atoms in total. The number of methoxy groups -OCH3 is 1. The Kier molecular flexibility index (Phi) is 10.9. The molecule has 3 atom stereocenters. The summed E-state index contributed by atoms with van der Waals surface area (Å²) in [5, 5.41) is 10.6. The van der Waals surface area contributed by atoms with Crippen molar-refractivity contribution >= 4 is 8.32 Å². The zero-order valence-electron chi connectivity index (χ0n) is 17.7. The second-order valence-corrected chi connectivity index (χ2v) is 11.8. The van der Waals surface area contributed by atoms with Crippen LogP contribution < -0.4 is 4.74 Å². The highest BCUT2D eigenvalue weighted by Gasteiger charge is 2.37. The van der Waals surface area contributed by atoms with Crippen LogP contribution in [0.15, 0.2) is 36.9 Å². The number of hydrogen-bond acceptors (Lipinski definition) is 4. The van der Waals surface area contributed by atoms with Gasteiger partial charge in [-0.2, -0.15) is 0 Å². The van der Waals surface area contributed by atoms with Crippen LogP contribution in [0.25, 0.3) is 0 Å². The molecule has 1 aromatic rings. The molecule has 0 heterocycles. The SMILES string of the molecule is C=C[C@@H](O)[C@H](O[Si](CC)(CC)CC)[C@@H](CCC)OCc1ccc(OC)cc1. The van der Waals surface area contributed by atoms with Gasteiger partial charge in [0.2, 0.25) is 0 Å². The Labute approximate surface area is 166 Å². The Hall–Kier alpha value is -1.14. The molecule has 27 heavy (non-hydrogen) atoms. The zero-order valence-corrected chi connectivity index (χ0v) is 18.7. The second kappa shape index (κ2) is 12.3. The topological polar surface area (TPSA) is 47.9 Å². The van der Waals surface area contributed by atoms with E-state index in [0.717, 1.165) is 42.3 Å². The first-order valence-corrected chi connectivity index (χ1v) is 12.7. The van der Waals surface area contributed by atoms with Crippen LogP contribution in [0.4, 0.5) is 0 Å². The predicted octanol–water partition coefficient (Wildman–Crippen LogP) is 5.32. The summed E-state index contributed by atoms with van der Waals surface area (Å²) >= 11 is 0. The van der Waals surface area contributed by atoms with Crippen LogP contribution in [0, 0.1) is 0 Å². The van der Waals surface area contributed by atoms with E-state index in [1.54, 1.807) is 13.2 Å². The number of rotatable bonds is 14. The lowest BCUT2D eigenvalue weighted by Gasteiger charge is -2.38. The molecule has 0 unspecified atom stereocenters. The molecule has 154 valence electrons. The van der Waals surface area contributed by atoms with E-state index in [4.69, 9.17) is 13.9 Å². The highest BCUT2D eigenvalue weighted by atomic mass is 28.4. The lowest BCUT2D eigenvalue weighted by atomic mass is 10.0. The van der Waals surface area contributed by atoms with Gasteiger partial charge in [0.05, 0.1) is 25.9 Å². The van der Waals surface area contributed by atoms with E-state index in [2.05, 4.69) is 34.3 Å². The Morgan fingerprint density at radius 1 is 1.07 bits per heavy atom. The van der Waals surface area contributed by atoms with Crippen molar-refractivity contribution in [3.05, 3.63) is 42.5 Å². The molecule has 0 radical (unpaired) electrons. The Balaban J connectivity index is 2.95. The van der Waals surface area contributed by atoms with Crippen LogP contribution in [0.3, 0.4) is 0 Å². The standard InChI is InChI=1S/C22H38O4Si/c1-7-12-21(25-17-18-13-15-19(24-6)16-14-18)22(20(23)8-2)26-27(9-3,10-4)11-5/h8,13-16,20-23H,2,7,9-12,17H2,1,3-6H3/t20-,21-,22+/m1/s1. The van der Waals surface area contributed by atoms with Gasteiger partial charge in [-0.25, -0.2) is 0 Å². The lowest BCUT2D eigenvalue weighted by molar-refractivity contribution is -0.0791. The molecule has 0 aliphatic carbocycles. The number of benzene rings is 1. The summed E-state index contributed by atoms with van der Waals surface area (Å²) in [6, 6.07) is 11.0. The van der Waals surface area contributed by atoms with E-state index in [1.807, 2.05) is 24.3 Å². The van der Waals surface area contributed by atoms with E-state index in [1.165, 1.54) is 0 Å². The molecule has 0 saturated carbocycles. The quantitative estimate of drug-likeness (QED) is 0.343. The van der Waals surface area contributed by atoms with Crippen LogP contribution >= 0.6 is 0 Å². The first kappa shape index (κ1) is 23.9. The van der Waals surface area contributed by atoms with Crippen molar-refractivity contribution in [3.8, 4) is 5.75 Å². The molecule has 0 bridgehead atoms.